The van der Waals surface area contributed by atoms with Gasteiger partial charge < -0.3 is 4.74 Å². The third-order valence-electron chi connectivity index (χ3n) is 1.93. The molecule has 1 saturated heterocycles. The topological polar surface area (TPSA) is 9.23 Å². The van der Waals surface area contributed by atoms with Crippen molar-refractivity contribution >= 4 is 30.7 Å². The zero-order valence-corrected chi connectivity index (χ0v) is 12.6. The average Bonchev–Trinajstić information content (AvgIpc) is 1.59. The summed E-state index contributed by atoms with van der Waals surface area (Å²) in [7, 11) is 3.89. The van der Waals surface area contributed by atoms with Gasteiger partial charge in [-0.25, -0.2) is 0 Å². The Labute approximate surface area is 65.8 Å². The highest BCUT2D eigenvalue weighted by molar-refractivity contribution is 6.17. The van der Waals surface area contributed by atoms with E-state index in [-0.39, 0.29) is 0 Å². The molecule has 0 saturated carbocycles. The van der Waals surface area contributed by atoms with Crippen molar-refractivity contribution in [2.75, 3.05) is 0 Å². The van der Waals surface area contributed by atoms with E-state index in [9.17, 15) is 0 Å². The van der Waals surface area contributed by atoms with E-state index in [4.69, 9.17) is 4.74 Å². The number of hydrogen-bond donors (Lipinski definition) is 0. The summed E-state index contributed by atoms with van der Waals surface area (Å²) in [5, 5.41) is 0. The normalized spacial score (nSPS) is 46.0. The van der Waals surface area contributed by atoms with E-state index in [0.717, 1.165) is 5.54 Å². The van der Waals surface area contributed by atoms with Crippen LogP contribution in [0.2, 0.25) is 5.54 Å². The fraction of sp³-hybridized carbons (Fsp3) is 1.00. The molecular formula is C5H16OSi3. The second kappa shape index (κ2) is 3.14. The van der Waals surface area contributed by atoms with E-state index in [0.29, 0.717) is 11.5 Å². The maximum Gasteiger partial charge on any atom is 0.0392 e. The molecule has 0 N–H and O–H groups in total. The van der Waals surface area contributed by atoms with Gasteiger partial charge in [0.15, 0.2) is 0 Å². The van der Waals surface area contributed by atoms with Gasteiger partial charge in [0.25, 0.3) is 0 Å². The van der Waals surface area contributed by atoms with Crippen molar-refractivity contribution in [2.45, 2.75) is 29.8 Å². The molecule has 0 spiro atoms. The second-order valence-corrected chi connectivity index (χ2v) is 7.54. The first-order valence-corrected chi connectivity index (χ1v) is 7.30. The summed E-state index contributed by atoms with van der Waals surface area (Å²) in [4.78, 5) is 0. The summed E-state index contributed by atoms with van der Waals surface area (Å²) in [6, 6.07) is 0. The molecule has 1 nitrogen and oxygen atoms in total. The molecular weight excluding hydrogens is 160 g/mol. The summed E-state index contributed by atoms with van der Waals surface area (Å²) >= 11 is 0. The summed E-state index contributed by atoms with van der Waals surface area (Å²) in [5.74, 6) is 0. The van der Waals surface area contributed by atoms with Gasteiger partial charge in [-0.3, -0.25) is 0 Å². The van der Waals surface area contributed by atoms with E-state index in [1.165, 1.54) is 43.6 Å². The highest BCUT2D eigenvalue weighted by atomic mass is 28.2. The van der Waals surface area contributed by atoms with E-state index in [1.54, 1.807) is 0 Å². The van der Waals surface area contributed by atoms with Gasteiger partial charge in [0.2, 0.25) is 0 Å². The zero-order valence-electron chi connectivity index (χ0n) is 6.55. The van der Waals surface area contributed by atoms with Gasteiger partial charge in [-0.15, -0.1) is 0 Å². The number of hydrogen-bond acceptors (Lipinski definition) is 1. The third kappa shape index (κ3) is 2.37. The Kier molecular flexibility index (Phi) is 2.69. The second-order valence-electron chi connectivity index (χ2n) is 3.33. The van der Waals surface area contributed by atoms with Crippen LogP contribution < -0.4 is 0 Å². The molecule has 9 heavy (non-hydrogen) atoms. The highest BCUT2D eigenvalue weighted by Gasteiger charge is 2.20. The van der Waals surface area contributed by atoms with Gasteiger partial charge in [0.1, 0.15) is 0 Å². The molecule has 0 aliphatic carbocycles. The molecule has 0 bridgehead atoms. The lowest BCUT2D eigenvalue weighted by molar-refractivity contribution is 0.0404. The summed E-state index contributed by atoms with van der Waals surface area (Å²) in [6.45, 7) is 0. The summed E-state index contributed by atoms with van der Waals surface area (Å²) in [6.07, 6.45) is 2.77. The molecule has 0 aromatic heterocycles. The van der Waals surface area contributed by atoms with Crippen molar-refractivity contribution in [1.29, 1.82) is 0 Å². The van der Waals surface area contributed by atoms with Crippen molar-refractivity contribution in [2.24, 2.45) is 0 Å². The minimum Gasteiger partial charge on any atom is -0.384 e. The van der Waals surface area contributed by atoms with Gasteiger partial charge in [-0.1, -0.05) is 5.54 Å². The molecule has 54 valence electrons. The van der Waals surface area contributed by atoms with Gasteiger partial charge in [-0.2, -0.15) is 0 Å². The predicted octanol–water partition coefficient (Wildman–Crippen LogP) is -2.67. The minimum absolute atomic E-state index is 0.698. The Balaban J connectivity index is 2.34. The van der Waals surface area contributed by atoms with E-state index >= 15 is 0 Å². The Morgan fingerprint density at radius 2 is 1.44 bits per heavy atom. The van der Waals surface area contributed by atoms with Crippen molar-refractivity contribution in [1.82, 2.24) is 0 Å². The molecule has 0 radical (unpaired) electrons. The monoisotopic (exact) mass is 176 g/mol. The molecule has 4 heteroatoms. The molecule has 0 aromatic carbocycles. The lowest BCUT2D eigenvalue weighted by Crippen LogP contribution is -2.31. The largest absolute Gasteiger partial charge is 0.384 e. The molecule has 1 aliphatic rings. The van der Waals surface area contributed by atoms with Gasteiger partial charge in [0.05, 0.1) is 0 Å². The Bertz CT molecular complexity index is 73.2. The van der Waals surface area contributed by atoms with Crippen molar-refractivity contribution < 1.29 is 4.74 Å². The molecule has 2 atom stereocenters. The lowest BCUT2D eigenvalue weighted by atomic mass is 10.2. The van der Waals surface area contributed by atoms with Crippen molar-refractivity contribution in [3.8, 4) is 0 Å². The van der Waals surface area contributed by atoms with Crippen LogP contribution in [0, 0.1) is 0 Å². The molecule has 1 rings (SSSR count). The van der Waals surface area contributed by atoms with Gasteiger partial charge in [-0.05, 0) is 12.8 Å². The quantitative estimate of drug-likeness (QED) is 0.366. The summed E-state index contributed by atoms with van der Waals surface area (Å²) < 4.78 is 5.70. The Hall–Kier alpha value is 0.611. The third-order valence-corrected chi connectivity index (χ3v) is 4.36. The minimum atomic E-state index is 0.698. The van der Waals surface area contributed by atoms with Crippen molar-refractivity contribution in [3.05, 3.63) is 0 Å². The van der Waals surface area contributed by atoms with E-state index in [1.807, 2.05) is 0 Å². The van der Waals surface area contributed by atoms with E-state index in [2.05, 4.69) is 0 Å². The maximum absolute atomic E-state index is 5.70. The lowest BCUT2D eigenvalue weighted by Gasteiger charge is -2.30. The smallest absolute Gasteiger partial charge is 0.0392 e. The van der Waals surface area contributed by atoms with Crippen LogP contribution >= 0.6 is 0 Å². The van der Waals surface area contributed by atoms with Gasteiger partial charge >= 0.3 is 0 Å². The maximum atomic E-state index is 5.70. The van der Waals surface area contributed by atoms with Crippen LogP contribution in [0.15, 0.2) is 0 Å². The van der Waals surface area contributed by atoms with Crippen LogP contribution in [0.25, 0.3) is 0 Å². The van der Waals surface area contributed by atoms with Gasteiger partial charge in [0, 0.05) is 42.2 Å². The first-order chi connectivity index (χ1) is 4.18. The van der Waals surface area contributed by atoms with Crippen molar-refractivity contribution in [3.63, 3.8) is 0 Å². The van der Waals surface area contributed by atoms with E-state index < -0.39 is 0 Å². The molecule has 2 unspecified atom stereocenters. The van der Waals surface area contributed by atoms with Crippen LogP contribution in [0.5, 0.6) is 0 Å². The Morgan fingerprint density at radius 1 is 1.00 bits per heavy atom. The average molecular weight is 176 g/mol. The number of ether oxygens (including phenoxy) is 1. The molecule has 1 aliphatic heterocycles. The standard InChI is InChI=1S/C5H16OSi3/c7-3-1-4(8)6-5(9)2-3/h3-5H,1-2H2,7-9H3. The molecule has 0 amide bonds. The first kappa shape index (κ1) is 7.71. The van der Waals surface area contributed by atoms with Crippen LogP contribution in [-0.4, -0.2) is 42.2 Å². The Morgan fingerprint density at radius 3 is 1.78 bits per heavy atom. The zero-order chi connectivity index (χ0) is 6.85. The van der Waals surface area contributed by atoms with Crippen LogP contribution in [0.1, 0.15) is 12.8 Å². The first-order valence-electron chi connectivity index (χ1n) is 3.84. The predicted molar refractivity (Wildman–Crippen MR) is 51.5 cm³/mol. The van der Waals surface area contributed by atoms with Crippen LogP contribution in [0.3, 0.4) is 0 Å². The SMILES string of the molecule is [SiH3]C1CC([SiH3])OC([SiH3])C1. The fourth-order valence-electron chi connectivity index (χ4n) is 1.74. The van der Waals surface area contributed by atoms with Crippen LogP contribution in [0.4, 0.5) is 0 Å². The fourth-order valence-corrected chi connectivity index (χ4v) is 8.03. The molecule has 1 fully saturated rings. The highest BCUT2D eigenvalue weighted by Crippen LogP contribution is 2.23. The molecule has 1 heterocycles. The summed E-state index contributed by atoms with van der Waals surface area (Å²) in [5.41, 5.74) is 2.47. The number of rotatable bonds is 0. The van der Waals surface area contributed by atoms with Crippen LogP contribution in [-0.2, 0) is 4.74 Å². The molecule has 0 aromatic rings.